The van der Waals surface area contributed by atoms with Crippen LogP contribution in [0.2, 0.25) is 0 Å². The number of halogens is 1. The Balaban J connectivity index is 1.78. The number of hydrazone groups is 1. The Hall–Kier alpha value is -3.91. The fourth-order valence-corrected chi connectivity index (χ4v) is 3.94. The van der Waals surface area contributed by atoms with E-state index in [4.69, 9.17) is 14.6 Å². The smallest absolute Gasteiger partial charge is 0.341 e. The van der Waals surface area contributed by atoms with Gasteiger partial charge in [0.15, 0.2) is 18.1 Å². The number of amides is 1. The third-order valence-electron chi connectivity index (χ3n) is 4.83. The predicted molar refractivity (Wildman–Crippen MR) is 129 cm³/mol. The summed E-state index contributed by atoms with van der Waals surface area (Å²) in [5.41, 5.74) is 3.09. The second-order valence-electron chi connectivity index (χ2n) is 7.04. The van der Waals surface area contributed by atoms with Crippen LogP contribution in [0.5, 0.6) is 11.5 Å². The maximum Gasteiger partial charge on any atom is 0.341 e. The van der Waals surface area contributed by atoms with Gasteiger partial charge in [0.2, 0.25) is 0 Å². The number of nitrogens with zero attached hydrogens (tertiary/aromatic N) is 2. The molecule has 0 fully saturated rings. The zero-order chi connectivity index (χ0) is 23.4. The van der Waals surface area contributed by atoms with Crippen molar-refractivity contribution in [1.29, 1.82) is 0 Å². The highest BCUT2D eigenvalue weighted by Crippen LogP contribution is 2.38. The van der Waals surface area contributed by atoms with Gasteiger partial charge in [0.1, 0.15) is 5.71 Å². The first kappa shape index (κ1) is 22.3. The number of ether oxygens (including phenoxy) is 2. The quantitative estimate of drug-likeness (QED) is 0.467. The Labute approximate surface area is 198 Å². The van der Waals surface area contributed by atoms with E-state index in [1.807, 2.05) is 60.7 Å². The molecule has 0 aromatic heterocycles. The summed E-state index contributed by atoms with van der Waals surface area (Å²) in [5, 5.41) is 14.9. The van der Waals surface area contributed by atoms with Gasteiger partial charge < -0.3 is 14.6 Å². The van der Waals surface area contributed by atoms with Gasteiger partial charge >= 0.3 is 5.97 Å². The van der Waals surface area contributed by atoms with Gasteiger partial charge in [-0.2, -0.15) is 10.1 Å². The molecule has 0 atom stereocenters. The van der Waals surface area contributed by atoms with E-state index in [9.17, 15) is 9.59 Å². The number of carbonyl (C=O) groups is 2. The molecular weight excluding hydrogens is 488 g/mol. The summed E-state index contributed by atoms with van der Waals surface area (Å²) in [6.07, 6.45) is 1.73. The maximum absolute atomic E-state index is 13.4. The molecule has 0 saturated carbocycles. The van der Waals surface area contributed by atoms with E-state index in [-0.39, 0.29) is 11.7 Å². The molecule has 0 saturated heterocycles. The first-order chi connectivity index (χ1) is 16.0. The number of benzene rings is 3. The van der Waals surface area contributed by atoms with Crippen molar-refractivity contribution >= 4 is 45.3 Å². The van der Waals surface area contributed by atoms with Crippen LogP contribution >= 0.6 is 15.9 Å². The van der Waals surface area contributed by atoms with Crippen LogP contribution in [0.15, 0.2) is 87.9 Å². The third kappa shape index (κ3) is 4.80. The second-order valence-corrected chi connectivity index (χ2v) is 7.90. The van der Waals surface area contributed by atoms with E-state index in [1.165, 1.54) is 12.1 Å². The first-order valence-electron chi connectivity index (χ1n) is 9.95. The Kier molecular flexibility index (Phi) is 6.55. The Morgan fingerprint density at radius 2 is 1.76 bits per heavy atom. The summed E-state index contributed by atoms with van der Waals surface area (Å²) >= 11 is 3.41. The lowest BCUT2D eigenvalue weighted by Gasteiger charge is -2.13. The number of carbonyl (C=O) groups excluding carboxylic acids is 1. The zero-order valence-electron chi connectivity index (χ0n) is 17.6. The van der Waals surface area contributed by atoms with Crippen molar-refractivity contribution in [3.8, 4) is 11.5 Å². The average molecular weight is 507 g/mol. The Morgan fingerprint density at radius 3 is 2.39 bits per heavy atom. The van der Waals surface area contributed by atoms with E-state index in [0.717, 1.165) is 5.56 Å². The number of para-hydroxylation sites is 1. The van der Waals surface area contributed by atoms with Crippen molar-refractivity contribution in [3.63, 3.8) is 0 Å². The summed E-state index contributed by atoms with van der Waals surface area (Å²) < 4.78 is 11.2. The van der Waals surface area contributed by atoms with Crippen molar-refractivity contribution in [2.24, 2.45) is 5.10 Å². The Morgan fingerprint density at radius 1 is 1.09 bits per heavy atom. The van der Waals surface area contributed by atoms with Crippen LogP contribution in [-0.2, 0) is 9.59 Å². The topological polar surface area (TPSA) is 88.4 Å². The molecule has 1 amide bonds. The van der Waals surface area contributed by atoms with Crippen LogP contribution in [0.4, 0.5) is 5.69 Å². The standard InChI is InChI=1S/C25H19BrN2O5/c1-32-21-14-16(13-20(26)24(21)33-15-22(29)30)12-19-23(17-8-4-2-5-9-17)27-28(25(19)31)18-10-6-3-7-11-18/h2-14H,15H2,1H3,(H,29,30)/b19-12-. The van der Waals surface area contributed by atoms with Crippen LogP contribution < -0.4 is 14.5 Å². The minimum Gasteiger partial charge on any atom is -0.493 e. The van der Waals surface area contributed by atoms with E-state index in [1.54, 1.807) is 18.2 Å². The number of carboxylic acids is 1. The van der Waals surface area contributed by atoms with Crippen LogP contribution in [0, 0.1) is 0 Å². The number of rotatable bonds is 7. The first-order valence-corrected chi connectivity index (χ1v) is 10.7. The molecule has 0 spiro atoms. The lowest BCUT2D eigenvalue weighted by molar-refractivity contribution is -0.139. The van der Waals surface area contributed by atoms with E-state index in [2.05, 4.69) is 21.0 Å². The van der Waals surface area contributed by atoms with Crippen molar-refractivity contribution < 1.29 is 24.2 Å². The third-order valence-corrected chi connectivity index (χ3v) is 5.42. The van der Waals surface area contributed by atoms with E-state index in [0.29, 0.717) is 32.8 Å². The molecule has 1 N–H and O–H groups in total. The van der Waals surface area contributed by atoms with Gasteiger partial charge in [-0.1, -0.05) is 48.5 Å². The van der Waals surface area contributed by atoms with Crippen LogP contribution in [0.3, 0.4) is 0 Å². The van der Waals surface area contributed by atoms with Crippen molar-refractivity contribution in [2.75, 3.05) is 18.7 Å². The summed E-state index contributed by atoms with van der Waals surface area (Å²) in [6, 6.07) is 22.1. The summed E-state index contributed by atoms with van der Waals surface area (Å²) in [5.74, 6) is -0.763. The summed E-state index contributed by atoms with van der Waals surface area (Å²) in [6.45, 7) is -0.509. The molecule has 0 aliphatic carbocycles. The molecule has 166 valence electrons. The van der Waals surface area contributed by atoms with Crippen LogP contribution in [-0.4, -0.2) is 36.4 Å². The van der Waals surface area contributed by atoms with Gasteiger partial charge in [-0.3, -0.25) is 4.79 Å². The largest absolute Gasteiger partial charge is 0.493 e. The number of hydrogen-bond donors (Lipinski definition) is 1. The van der Waals surface area contributed by atoms with Crippen molar-refractivity contribution in [1.82, 2.24) is 0 Å². The van der Waals surface area contributed by atoms with Gasteiger partial charge in [0.05, 0.1) is 22.8 Å². The van der Waals surface area contributed by atoms with Gasteiger partial charge in [-0.15, -0.1) is 0 Å². The highest BCUT2D eigenvalue weighted by Gasteiger charge is 2.32. The molecule has 3 aromatic rings. The van der Waals surface area contributed by atoms with Crippen LogP contribution in [0.1, 0.15) is 11.1 Å². The highest BCUT2D eigenvalue weighted by molar-refractivity contribution is 9.10. The number of aliphatic carboxylic acids is 1. The molecule has 8 heteroatoms. The molecule has 0 bridgehead atoms. The Bertz CT molecular complexity index is 1260. The molecule has 1 aliphatic rings. The SMILES string of the molecule is COc1cc(/C=C2\C(=O)N(c3ccccc3)N=C2c2ccccc2)cc(Br)c1OCC(=O)O. The average Bonchev–Trinajstić information content (AvgIpc) is 3.15. The number of anilines is 1. The molecule has 0 unspecified atom stereocenters. The van der Waals surface area contributed by atoms with E-state index < -0.39 is 12.6 Å². The van der Waals surface area contributed by atoms with Crippen LogP contribution in [0.25, 0.3) is 6.08 Å². The molecule has 7 nitrogen and oxygen atoms in total. The fraction of sp³-hybridized carbons (Fsp3) is 0.0800. The molecule has 1 heterocycles. The summed E-state index contributed by atoms with van der Waals surface area (Å²) in [7, 11) is 1.46. The van der Waals surface area contributed by atoms with Gasteiger partial charge in [-0.05, 0) is 51.8 Å². The number of methoxy groups -OCH3 is 1. The van der Waals surface area contributed by atoms with Gasteiger partial charge in [0, 0.05) is 5.56 Å². The molecule has 0 radical (unpaired) electrons. The lowest BCUT2D eigenvalue weighted by atomic mass is 10.00. The highest BCUT2D eigenvalue weighted by atomic mass is 79.9. The molecule has 4 rings (SSSR count). The monoisotopic (exact) mass is 506 g/mol. The number of hydrogen-bond acceptors (Lipinski definition) is 5. The molecule has 33 heavy (non-hydrogen) atoms. The lowest BCUT2D eigenvalue weighted by Crippen LogP contribution is -2.21. The maximum atomic E-state index is 13.4. The van der Waals surface area contributed by atoms with E-state index >= 15 is 0 Å². The van der Waals surface area contributed by atoms with Crippen molar-refractivity contribution in [3.05, 3.63) is 94.0 Å². The van der Waals surface area contributed by atoms with Gasteiger partial charge in [0.25, 0.3) is 5.91 Å². The van der Waals surface area contributed by atoms with Crippen molar-refractivity contribution in [2.45, 2.75) is 0 Å². The zero-order valence-corrected chi connectivity index (χ0v) is 19.2. The second kappa shape index (κ2) is 9.70. The number of carboxylic acid groups (broad SMARTS) is 1. The predicted octanol–water partition coefficient (Wildman–Crippen LogP) is 4.76. The summed E-state index contributed by atoms with van der Waals surface area (Å²) in [4.78, 5) is 24.3. The van der Waals surface area contributed by atoms with Gasteiger partial charge in [-0.25, -0.2) is 4.79 Å². The fourth-order valence-electron chi connectivity index (χ4n) is 3.36. The molecule has 3 aromatic carbocycles. The molecular formula is C25H19BrN2O5. The minimum absolute atomic E-state index is 0.263. The normalized spacial score (nSPS) is 14.4. The minimum atomic E-state index is -1.10. The molecule has 1 aliphatic heterocycles.